The maximum atomic E-state index is 11.6. The maximum Gasteiger partial charge on any atom is 0.330 e. The third-order valence-electron chi connectivity index (χ3n) is 2.84. The van der Waals surface area contributed by atoms with Gasteiger partial charge in [-0.1, -0.05) is 0 Å². The number of aromatic nitrogens is 2. The van der Waals surface area contributed by atoms with E-state index in [9.17, 15) is 14.7 Å². The Morgan fingerprint density at radius 2 is 2.32 bits per heavy atom. The van der Waals surface area contributed by atoms with Crippen LogP contribution in [-0.2, 0) is 4.74 Å². The highest BCUT2D eigenvalue weighted by Gasteiger charge is 2.44. The smallest absolute Gasteiger partial charge is 0.330 e. The van der Waals surface area contributed by atoms with Crippen LogP contribution in [0.1, 0.15) is 6.23 Å². The Hall–Kier alpha value is -1.64. The first kappa shape index (κ1) is 13.8. The lowest BCUT2D eigenvalue weighted by atomic mass is 10.1. The molecule has 1 aliphatic heterocycles. The van der Waals surface area contributed by atoms with Crippen molar-refractivity contribution < 1.29 is 14.9 Å². The topological polar surface area (TPSA) is 117 Å². The first-order valence-electron chi connectivity index (χ1n) is 5.41. The molecule has 8 nitrogen and oxygen atoms in total. The Bertz CT molecular complexity index is 620. The zero-order chi connectivity index (χ0) is 14.0. The molecule has 0 bridgehead atoms. The zero-order valence-electron chi connectivity index (χ0n) is 9.59. The normalized spacial score (nSPS) is 30.0. The molecule has 1 aliphatic rings. The van der Waals surface area contributed by atoms with Crippen molar-refractivity contribution in [3.63, 3.8) is 0 Å². The highest BCUT2D eigenvalue weighted by Crippen LogP contribution is 2.29. The lowest BCUT2D eigenvalue weighted by Gasteiger charge is -2.16. The number of isothiocyanates is 1. The Labute approximate surface area is 112 Å². The van der Waals surface area contributed by atoms with E-state index < -0.39 is 42.3 Å². The molecule has 9 heteroatoms. The maximum absolute atomic E-state index is 11.6. The second-order valence-electron chi connectivity index (χ2n) is 3.97. The molecule has 0 aromatic carbocycles. The Balaban J connectivity index is 2.38. The number of ether oxygens (including phenoxy) is 1. The van der Waals surface area contributed by atoms with E-state index in [1.165, 1.54) is 6.20 Å². The van der Waals surface area contributed by atoms with Crippen LogP contribution < -0.4 is 11.2 Å². The summed E-state index contributed by atoms with van der Waals surface area (Å²) in [7, 11) is 0. The van der Waals surface area contributed by atoms with Crippen LogP contribution in [0.5, 0.6) is 0 Å². The van der Waals surface area contributed by atoms with E-state index in [2.05, 4.69) is 22.4 Å². The van der Waals surface area contributed by atoms with E-state index >= 15 is 0 Å². The van der Waals surface area contributed by atoms with E-state index in [0.717, 1.165) is 10.6 Å². The molecular formula is C10H11N3O5S. The van der Waals surface area contributed by atoms with Crippen LogP contribution in [-0.4, -0.2) is 49.8 Å². The molecule has 4 atom stereocenters. The van der Waals surface area contributed by atoms with Gasteiger partial charge >= 0.3 is 5.69 Å². The fourth-order valence-electron chi connectivity index (χ4n) is 1.96. The first-order valence-corrected chi connectivity index (χ1v) is 5.82. The number of aliphatic imine (C=N–C) groups is 1. The fraction of sp³-hybridized carbons (Fsp3) is 0.500. The molecule has 0 aliphatic carbocycles. The minimum Gasteiger partial charge on any atom is -0.394 e. The quantitative estimate of drug-likeness (QED) is 0.448. The molecule has 2 heterocycles. The lowest BCUT2D eigenvalue weighted by Crippen LogP contribution is -2.37. The summed E-state index contributed by atoms with van der Waals surface area (Å²) in [5, 5.41) is 21.3. The molecular weight excluding hydrogens is 274 g/mol. The number of aliphatic hydroxyl groups excluding tert-OH is 2. The summed E-state index contributed by atoms with van der Waals surface area (Å²) >= 11 is 4.46. The van der Waals surface area contributed by atoms with Gasteiger partial charge in [0, 0.05) is 12.3 Å². The molecule has 2 rings (SSSR count). The van der Waals surface area contributed by atoms with Crippen molar-refractivity contribution in [3.8, 4) is 0 Å². The third-order valence-corrected chi connectivity index (χ3v) is 2.95. The third kappa shape index (κ3) is 2.55. The number of H-pyrrole nitrogens is 1. The van der Waals surface area contributed by atoms with Gasteiger partial charge in [0.1, 0.15) is 18.2 Å². The summed E-state index contributed by atoms with van der Waals surface area (Å²) in [6.45, 7) is -0.392. The average molecular weight is 285 g/mol. The van der Waals surface area contributed by atoms with Gasteiger partial charge in [-0.05, 0) is 12.2 Å². The van der Waals surface area contributed by atoms with Crippen molar-refractivity contribution in [1.29, 1.82) is 0 Å². The molecule has 0 amide bonds. The van der Waals surface area contributed by atoms with E-state index in [-0.39, 0.29) is 0 Å². The number of thiocarbonyl (C=S) groups is 1. The van der Waals surface area contributed by atoms with E-state index in [4.69, 9.17) is 9.84 Å². The Morgan fingerprint density at radius 3 is 2.89 bits per heavy atom. The molecule has 0 saturated carbocycles. The second kappa shape index (κ2) is 5.55. The summed E-state index contributed by atoms with van der Waals surface area (Å²) in [4.78, 5) is 28.4. The van der Waals surface area contributed by atoms with Crippen molar-refractivity contribution in [1.82, 2.24) is 9.55 Å². The number of hydrogen-bond donors (Lipinski definition) is 3. The van der Waals surface area contributed by atoms with Gasteiger partial charge in [-0.3, -0.25) is 14.3 Å². The van der Waals surface area contributed by atoms with E-state index in [1.807, 2.05) is 4.98 Å². The number of nitrogens with one attached hydrogen (secondary N) is 1. The fourth-order valence-corrected chi connectivity index (χ4v) is 2.08. The van der Waals surface area contributed by atoms with Gasteiger partial charge in [0.15, 0.2) is 6.23 Å². The largest absolute Gasteiger partial charge is 0.394 e. The van der Waals surface area contributed by atoms with Crippen LogP contribution in [0.25, 0.3) is 0 Å². The highest BCUT2D eigenvalue weighted by molar-refractivity contribution is 7.78. The van der Waals surface area contributed by atoms with Gasteiger partial charge in [-0.25, -0.2) is 9.79 Å². The number of hydrogen-bond acceptors (Lipinski definition) is 7. The molecule has 0 spiro atoms. The summed E-state index contributed by atoms with van der Waals surface area (Å²) in [5.41, 5.74) is -1.28. The SMILES string of the molecule is O=c1ccn([C@@H]2O[C@H](CO)C(N=C=S)[C@@H]2O)c(=O)[nH]1. The van der Waals surface area contributed by atoms with Crippen molar-refractivity contribution in [3.05, 3.63) is 33.1 Å². The number of nitrogens with zero attached hydrogens (tertiary/aromatic N) is 2. The van der Waals surface area contributed by atoms with Crippen LogP contribution in [0, 0.1) is 0 Å². The van der Waals surface area contributed by atoms with Gasteiger partial charge < -0.3 is 14.9 Å². The molecule has 3 N–H and O–H groups in total. The molecule has 1 aromatic rings. The standard InChI is InChI=1S/C10H11N3O5S/c14-3-5-7(11-4-19)8(16)9(18-5)13-2-1-6(15)12-10(13)17/h1-2,5,7-9,14,16H,3H2,(H,12,15,17)/t5-,7?,8+,9-/m1/s1. The Morgan fingerprint density at radius 1 is 1.58 bits per heavy atom. The molecule has 102 valence electrons. The molecule has 1 unspecified atom stereocenters. The molecule has 1 aromatic heterocycles. The predicted molar refractivity (Wildman–Crippen MR) is 67.1 cm³/mol. The summed E-state index contributed by atoms with van der Waals surface area (Å²) in [6.07, 6.45) is -1.84. The molecule has 19 heavy (non-hydrogen) atoms. The highest BCUT2D eigenvalue weighted by atomic mass is 32.1. The van der Waals surface area contributed by atoms with Crippen LogP contribution >= 0.6 is 12.2 Å². The molecule has 1 saturated heterocycles. The zero-order valence-corrected chi connectivity index (χ0v) is 10.4. The van der Waals surface area contributed by atoms with Crippen LogP contribution in [0.15, 0.2) is 26.8 Å². The van der Waals surface area contributed by atoms with Gasteiger partial charge in [0.2, 0.25) is 0 Å². The summed E-state index contributed by atoms with van der Waals surface area (Å²) in [5.74, 6) is 0. The number of aliphatic hydroxyl groups is 2. The van der Waals surface area contributed by atoms with Crippen molar-refractivity contribution in [2.24, 2.45) is 4.99 Å². The summed E-state index contributed by atoms with van der Waals surface area (Å²) in [6, 6.07) is 0.313. The van der Waals surface area contributed by atoms with Gasteiger partial charge in [0.25, 0.3) is 5.56 Å². The molecule has 0 radical (unpaired) electrons. The van der Waals surface area contributed by atoms with Gasteiger partial charge in [0.05, 0.1) is 11.8 Å². The molecule has 1 fully saturated rings. The van der Waals surface area contributed by atoms with E-state index in [1.54, 1.807) is 0 Å². The predicted octanol–water partition coefficient (Wildman–Crippen LogP) is -1.74. The monoisotopic (exact) mass is 285 g/mol. The minimum absolute atomic E-state index is 0.392. The summed E-state index contributed by atoms with van der Waals surface area (Å²) < 4.78 is 6.38. The van der Waals surface area contributed by atoms with Crippen LogP contribution in [0.4, 0.5) is 0 Å². The number of rotatable bonds is 3. The number of aromatic amines is 1. The van der Waals surface area contributed by atoms with Crippen LogP contribution in [0.3, 0.4) is 0 Å². The first-order chi connectivity index (χ1) is 9.08. The van der Waals surface area contributed by atoms with Gasteiger partial charge in [-0.2, -0.15) is 0 Å². The second-order valence-corrected chi connectivity index (χ2v) is 4.15. The van der Waals surface area contributed by atoms with Crippen LogP contribution in [0.2, 0.25) is 0 Å². The minimum atomic E-state index is -1.18. The van der Waals surface area contributed by atoms with Crippen molar-refractivity contribution >= 4 is 17.4 Å². The van der Waals surface area contributed by atoms with Gasteiger partial charge in [-0.15, -0.1) is 0 Å². The lowest BCUT2D eigenvalue weighted by molar-refractivity contribution is -0.0531. The van der Waals surface area contributed by atoms with E-state index in [0.29, 0.717) is 0 Å². The Kier molecular flexibility index (Phi) is 4.03. The average Bonchev–Trinajstić information content (AvgIpc) is 2.68. The van der Waals surface area contributed by atoms with Crippen molar-refractivity contribution in [2.75, 3.05) is 6.61 Å². The van der Waals surface area contributed by atoms with Crippen molar-refractivity contribution in [2.45, 2.75) is 24.5 Å².